The fourth-order valence-electron chi connectivity index (χ4n) is 1.78. The number of likely N-dealkylation sites (N-methyl/N-ethyl adjacent to an activating group) is 1. The molecular weight excluding hydrogens is 249 g/mol. The summed E-state index contributed by atoms with van der Waals surface area (Å²) in [5.41, 5.74) is 6.72. The monoisotopic (exact) mass is 269 g/mol. The zero-order valence-electron chi connectivity index (χ0n) is 11.3. The molecule has 1 rings (SSSR count). The Kier molecular flexibility index (Phi) is 6.24. The van der Waals surface area contributed by atoms with Gasteiger partial charge in [0.25, 0.3) is 0 Å². The quantitative estimate of drug-likeness (QED) is 0.674. The summed E-state index contributed by atoms with van der Waals surface area (Å²) in [7, 11) is 3.37. The van der Waals surface area contributed by atoms with E-state index in [1.807, 2.05) is 0 Å². The molecular formula is C13H20FN3O2. The molecule has 0 atom stereocenters. The van der Waals surface area contributed by atoms with Gasteiger partial charge in [0.2, 0.25) is 5.91 Å². The molecule has 19 heavy (non-hydrogen) atoms. The van der Waals surface area contributed by atoms with Crippen LogP contribution in [0.1, 0.15) is 5.56 Å². The number of carbonyl (C=O) groups excluding carboxylic acids is 1. The Balaban J connectivity index is 2.76. The zero-order chi connectivity index (χ0) is 14.3. The van der Waals surface area contributed by atoms with Gasteiger partial charge in [-0.25, -0.2) is 4.39 Å². The summed E-state index contributed by atoms with van der Waals surface area (Å²) in [6, 6.07) is 4.46. The summed E-state index contributed by atoms with van der Waals surface area (Å²) in [5.74, 6) is -0.732. The molecule has 0 unspecified atom stereocenters. The van der Waals surface area contributed by atoms with Gasteiger partial charge in [0.05, 0.1) is 13.2 Å². The minimum Gasteiger partial charge on any atom is -0.383 e. The average Bonchev–Trinajstić information content (AvgIpc) is 2.34. The standard InChI is InChI=1S/C13H20FN3O2/c1-17(9-13(15)18)12-4-3-11(14)7-10(12)8-16-5-6-19-2/h3-4,7,16H,5-6,8-9H2,1-2H3,(H2,15,18). The van der Waals surface area contributed by atoms with Crippen molar-refractivity contribution >= 4 is 11.6 Å². The number of nitrogens with zero attached hydrogens (tertiary/aromatic N) is 1. The number of benzene rings is 1. The average molecular weight is 269 g/mol. The number of primary amides is 1. The number of nitrogens with one attached hydrogen (secondary N) is 1. The molecule has 0 saturated heterocycles. The van der Waals surface area contributed by atoms with Gasteiger partial charge in [0.15, 0.2) is 0 Å². The molecule has 6 heteroatoms. The molecule has 0 aliphatic carbocycles. The topological polar surface area (TPSA) is 67.6 Å². The van der Waals surface area contributed by atoms with E-state index in [-0.39, 0.29) is 12.4 Å². The third kappa shape index (κ3) is 5.23. The molecule has 106 valence electrons. The maximum atomic E-state index is 13.3. The third-order valence-electron chi connectivity index (χ3n) is 2.64. The van der Waals surface area contributed by atoms with E-state index in [9.17, 15) is 9.18 Å². The molecule has 0 saturated carbocycles. The Morgan fingerprint density at radius 1 is 1.53 bits per heavy atom. The fourth-order valence-corrected chi connectivity index (χ4v) is 1.78. The predicted octanol–water partition coefficient (Wildman–Crippen LogP) is 0.483. The number of halogens is 1. The van der Waals surface area contributed by atoms with Crippen molar-refractivity contribution in [3.8, 4) is 0 Å². The largest absolute Gasteiger partial charge is 0.383 e. The van der Waals surface area contributed by atoms with E-state index in [1.165, 1.54) is 12.1 Å². The molecule has 0 heterocycles. The van der Waals surface area contributed by atoms with E-state index in [2.05, 4.69) is 5.32 Å². The highest BCUT2D eigenvalue weighted by Crippen LogP contribution is 2.20. The highest BCUT2D eigenvalue weighted by Gasteiger charge is 2.10. The molecule has 3 N–H and O–H groups in total. The van der Waals surface area contributed by atoms with Gasteiger partial charge in [-0.3, -0.25) is 4.79 Å². The van der Waals surface area contributed by atoms with Crippen LogP contribution in [0.15, 0.2) is 18.2 Å². The summed E-state index contributed by atoms with van der Waals surface area (Å²) in [5, 5.41) is 3.14. The van der Waals surface area contributed by atoms with Gasteiger partial charge in [-0.2, -0.15) is 0 Å². The number of amides is 1. The van der Waals surface area contributed by atoms with Crippen LogP contribution in [-0.4, -0.2) is 39.8 Å². The van der Waals surface area contributed by atoms with Crippen molar-refractivity contribution < 1.29 is 13.9 Å². The summed E-state index contributed by atoms with van der Waals surface area (Å²) >= 11 is 0. The number of rotatable bonds is 8. The van der Waals surface area contributed by atoms with Gasteiger partial charge in [-0.05, 0) is 23.8 Å². The number of nitrogens with two attached hydrogens (primary N) is 1. The Hall–Kier alpha value is -1.66. The van der Waals surface area contributed by atoms with Crippen molar-refractivity contribution in [3.63, 3.8) is 0 Å². The van der Waals surface area contributed by atoms with Crippen molar-refractivity contribution in [3.05, 3.63) is 29.6 Å². The number of anilines is 1. The second-order valence-electron chi connectivity index (χ2n) is 4.26. The fraction of sp³-hybridized carbons (Fsp3) is 0.462. The lowest BCUT2D eigenvalue weighted by molar-refractivity contribution is -0.116. The first-order valence-corrected chi connectivity index (χ1v) is 6.02. The van der Waals surface area contributed by atoms with Gasteiger partial charge in [-0.15, -0.1) is 0 Å². The van der Waals surface area contributed by atoms with Gasteiger partial charge < -0.3 is 20.7 Å². The first-order chi connectivity index (χ1) is 9.04. The molecule has 0 spiro atoms. The Labute approximate surface area is 112 Å². The molecule has 1 aromatic carbocycles. The Morgan fingerprint density at radius 2 is 2.26 bits per heavy atom. The molecule has 0 fully saturated rings. The lowest BCUT2D eigenvalue weighted by Crippen LogP contribution is -2.31. The minimum absolute atomic E-state index is 0.0940. The van der Waals surface area contributed by atoms with E-state index >= 15 is 0 Å². The molecule has 0 aromatic heterocycles. The van der Waals surface area contributed by atoms with Crippen molar-refractivity contribution in [1.29, 1.82) is 0 Å². The van der Waals surface area contributed by atoms with Crippen molar-refractivity contribution in [2.75, 3.05) is 38.8 Å². The normalized spacial score (nSPS) is 10.5. The molecule has 5 nitrogen and oxygen atoms in total. The van der Waals surface area contributed by atoms with Crippen molar-refractivity contribution in [2.45, 2.75) is 6.54 Å². The molecule has 1 amide bonds. The SMILES string of the molecule is COCCNCc1cc(F)ccc1N(C)CC(N)=O. The number of hydrogen-bond acceptors (Lipinski definition) is 4. The summed E-state index contributed by atoms with van der Waals surface area (Å²) in [4.78, 5) is 12.6. The maximum Gasteiger partial charge on any atom is 0.236 e. The maximum absolute atomic E-state index is 13.3. The van der Waals surface area contributed by atoms with E-state index in [0.717, 1.165) is 11.3 Å². The minimum atomic E-state index is -0.426. The smallest absolute Gasteiger partial charge is 0.236 e. The van der Waals surface area contributed by atoms with E-state index in [1.54, 1.807) is 25.1 Å². The highest BCUT2D eigenvalue weighted by molar-refractivity contribution is 5.79. The second-order valence-corrected chi connectivity index (χ2v) is 4.26. The summed E-state index contributed by atoms with van der Waals surface area (Å²) < 4.78 is 18.2. The number of hydrogen-bond donors (Lipinski definition) is 2. The summed E-state index contributed by atoms with van der Waals surface area (Å²) in [6.07, 6.45) is 0. The van der Waals surface area contributed by atoms with Gasteiger partial charge >= 0.3 is 0 Å². The van der Waals surface area contributed by atoms with E-state index in [0.29, 0.717) is 19.7 Å². The Bertz CT molecular complexity index is 426. The van der Waals surface area contributed by atoms with Gasteiger partial charge in [-0.1, -0.05) is 0 Å². The number of carbonyl (C=O) groups is 1. The van der Waals surface area contributed by atoms with Crippen LogP contribution in [0.25, 0.3) is 0 Å². The highest BCUT2D eigenvalue weighted by atomic mass is 19.1. The predicted molar refractivity (Wildman–Crippen MR) is 72.4 cm³/mol. The van der Waals surface area contributed by atoms with Gasteiger partial charge in [0, 0.05) is 32.9 Å². The lowest BCUT2D eigenvalue weighted by Gasteiger charge is -2.21. The molecule has 0 aliphatic rings. The van der Waals surface area contributed by atoms with Crippen LogP contribution in [0.2, 0.25) is 0 Å². The lowest BCUT2D eigenvalue weighted by atomic mass is 10.1. The second kappa shape index (κ2) is 7.70. The van der Waals surface area contributed by atoms with Crippen LogP contribution in [0, 0.1) is 5.82 Å². The van der Waals surface area contributed by atoms with Crippen molar-refractivity contribution in [1.82, 2.24) is 5.32 Å². The van der Waals surface area contributed by atoms with E-state index in [4.69, 9.17) is 10.5 Å². The van der Waals surface area contributed by atoms with Crippen molar-refractivity contribution in [2.24, 2.45) is 5.73 Å². The first kappa shape index (κ1) is 15.4. The van der Waals surface area contributed by atoms with Crippen LogP contribution < -0.4 is 16.0 Å². The first-order valence-electron chi connectivity index (χ1n) is 6.02. The summed E-state index contributed by atoms with van der Waals surface area (Å²) in [6.45, 7) is 1.85. The molecule has 1 aromatic rings. The van der Waals surface area contributed by atoms with Crippen LogP contribution in [0.4, 0.5) is 10.1 Å². The Morgan fingerprint density at radius 3 is 2.89 bits per heavy atom. The van der Waals surface area contributed by atoms with Crippen LogP contribution in [-0.2, 0) is 16.1 Å². The van der Waals surface area contributed by atoms with Crippen LogP contribution in [0.3, 0.4) is 0 Å². The van der Waals surface area contributed by atoms with Crippen LogP contribution in [0.5, 0.6) is 0 Å². The molecule has 0 aliphatic heterocycles. The molecule has 0 radical (unpaired) electrons. The zero-order valence-corrected chi connectivity index (χ0v) is 11.3. The third-order valence-corrected chi connectivity index (χ3v) is 2.64. The van der Waals surface area contributed by atoms with Crippen LogP contribution >= 0.6 is 0 Å². The number of ether oxygens (including phenoxy) is 1. The number of methoxy groups -OCH3 is 1. The van der Waals surface area contributed by atoms with E-state index < -0.39 is 5.91 Å². The molecule has 0 bridgehead atoms. The van der Waals surface area contributed by atoms with Gasteiger partial charge in [0.1, 0.15) is 5.82 Å².